The molecule has 1 aromatic heterocycles. The molecule has 0 radical (unpaired) electrons. The number of primary sulfonamides is 1. The van der Waals surface area contributed by atoms with Gasteiger partial charge in [0.15, 0.2) is 6.61 Å². The average Bonchev–Trinajstić information content (AvgIpc) is 2.77. The lowest BCUT2D eigenvalue weighted by molar-refractivity contribution is -0.119. The van der Waals surface area contributed by atoms with Crippen LogP contribution in [0.2, 0.25) is 0 Å². The number of benzene rings is 1. The van der Waals surface area contributed by atoms with E-state index >= 15 is 0 Å². The molecular formula is C15H18N4O5S. The monoisotopic (exact) mass is 366 g/mol. The number of amides is 1. The molecule has 25 heavy (non-hydrogen) atoms. The highest BCUT2D eigenvalue weighted by atomic mass is 32.2. The van der Waals surface area contributed by atoms with Crippen molar-refractivity contribution in [1.29, 1.82) is 0 Å². The number of nitrogens with one attached hydrogen (secondary N) is 1. The summed E-state index contributed by atoms with van der Waals surface area (Å²) in [5.41, 5.74) is 1.67. The number of anilines is 1. The van der Waals surface area contributed by atoms with E-state index in [0.29, 0.717) is 17.0 Å². The van der Waals surface area contributed by atoms with E-state index in [4.69, 9.17) is 9.88 Å². The van der Waals surface area contributed by atoms with Crippen molar-refractivity contribution in [2.24, 2.45) is 12.2 Å². The Balaban J connectivity index is 2.01. The number of sulfonamides is 1. The molecule has 0 fully saturated rings. The first-order valence-electron chi connectivity index (χ1n) is 7.19. The summed E-state index contributed by atoms with van der Waals surface area (Å²) < 4.78 is 29.1. The standard InChI is InChI=1S/C15H18N4O5S/c1-9-14(10(2)19(3)18-9)15(21)24-8-13(20)17-11-5-4-6-12(7-11)25(16,22)23/h4-7H,8H2,1-3H3,(H,17,20)(H2,16,22,23). The van der Waals surface area contributed by atoms with Gasteiger partial charge in [-0.25, -0.2) is 18.4 Å². The van der Waals surface area contributed by atoms with Crippen LogP contribution >= 0.6 is 0 Å². The highest BCUT2D eigenvalue weighted by Crippen LogP contribution is 2.15. The zero-order chi connectivity index (χ0) is 18.8. The smallest absolute Gasteiger partial charge is 0.342 e. The first-order valence-corrected chi connectivity index (χ1v) is 8.74. The van der Waals surface area contributed by atoms with E-state index in [-0.39, 0.29) is 10.6 Å². The Morgan fingerprint density at radius 3 is 2.56 bits per heavy atom. The summed E-state index contributed by atoms with van der Waals surface area (Å²) in [5, 5.41) is 11.6. The number of esters is 1. The third-order valence-electron chi connectivity index (χ3n) is 3.49. The van der Waals surface area contributed by atoms with Crippen LogP contribution in [0.5, 0.6) is 0 Å². The Bertz CT molecular complexity index is 933. The van der Waals surface area contributed by atoms with Crippen LogP contribution in [0, 0.1) is 13.8 Å². The number of carbonyl (C=O) groups is 2. The number of rotatable bonds is 5. The Morgan fingerprint density at radius 2 is 2.00 bits per heavy atom. The van der Waals surface area contributed by atoms with Gasteiger partial charge in [0.1, 0.15) is 5.56 Å². The second-order valence-electron chi connectivity index (χ2n) is 5.37. The minimum absolute atomic E-state index is 0.135. The molecule has 2 rings (SSSR count). The van der Waals surface area contributed by atoms with Gasteiger partial charge in [0.05, 0.1) is 10.6 Å². The molecule has 0 spiro atoms. The molecule has 0 aliphatic carbocycles. The van der Waals surface area contributed by atoms with Crippen LogP contribution in [-0.2, 0) is 26.6 Å². The van der Waals surface area contributed by atoms with Gasteiger partial charge in [-0.05, 0) is 32.0 Å². The number of ether oxygens (including phenoxy) is 1. The number of carbonyl (C=O) groups excluding carboxylic acids is 2. The first kappa shape index (κ1) is 18.6. The SMILES string of the molecule is Cc1nn(C)c(C)c1C(=O)OCC(=O)Nc1cccc(S(N)(=O)=O)c1. The molecule has 134 valence electrons. The second kappa shape index (κ2) is 7.03. The van der Waals surface area contributed by atoms with Crippen LogP contribution in [0.4, 0.5) is 5.69 Å². The molecule has 9 nitrogen and oxygen atoms in total. The molecule has 10 heteroatoms. The van der Waals surface area contributed by atoms with E-state index in [9.17, 15) is 18.0 Å². The topological polar surface area (TPSA) is 133 Å². The molecule has 2 aromatic rings. The zero-order valence-corrected chi connectivity index (χ0v) is 14.8. The number of nitrogens with two attached hydrogens (primary N) is 1. The normalized spacial score (nSPS) is 11.2. The summed E-state index contributed by atoms with van der Waals surface area (Å²) in [5.74, 6) is -1.27. The minimum atomic E-state index is -3.88. The minimum Gasteiger partial charge on any atom is -0.452 e. The maximum atomic E-state index is 12.1. The van der Waals surface area contributed by atoms with Gasteiger partial charge in [0.2, 0.25) is 10.0 Å². The lowest BCUT2D eigenvalue weighted by atomic mass is 10.2. The van der Waals surface area contributed by atoms with Crippen LogP contribution in [0.15, 0.2) is 29.2 Å². The van der Waals surface area contributed by atoms with Crippen molar-refractivity contribution in [3.05, 3.63) is 41.2 Å². The maximum absolute atomic E-state index is 12.1. The second-order valence-corrected chi connectivity index (χ2v) is 6.93. The zero-order valence-electron chi connectivity index (χ0n) is 13.9. The predicted molar refractivity (Wildman–Crippen MR) is 89.4 cm³/mol. The van der Waals surface area contributed by atoms with Crippen LogP contribution in [0.3, 0.4) is 0 Å². The van der Waals surface area contributed by atoms with E-state index < -0.39 is 28.5 Å². The van der Waals surface area contributed by atoms with E-state index in [0.717, 1.165) is 0 Å². The molecular weight excluding hydrogens is 348 g/mol. The van der Waals surface area contributed by atoms with Crippen molar-refractivity contribution < 1.29 is 22.7 Å². The van der Waals surface area contributed by atoms with E-state index in [1.165, 1.54) is 24.3 Å². The van der Waals surface area contributed by atoms with Crippen LogP contribution < -0.4 is 10.5 Å². The van der Waals surface area contributed by atoms with Gasteiger partial charge in [-0.1, -0.05) is 6.07 Å². The molecule has 1 heterocycles. The number of hydrogen-bond acceptors (Lipinski definition) is 6. The van der Waals surface area contributed by atoms with Crippen molar-refractivity contribution in [3.8, 4) is 0 Å². The highest BCUT2D eigenvalue weighted by molar-refractivity contribution is 7.89. The Morgan fingerprint density at radius 1 is 1.32 bits per heavy atom. The van der Waals surface area contributed by atoms with Crippen molar-refractivity contribution >= 4 is 27.6 Å². The Labute approximate surface area is 144 Å². The average molecular weight is 366 g/mol. The fourth-order valence-electron chi connectivity index (χ4n) is 2.22. The summed E-state index contributed by atoms with van der Waals surface area (Å²) in [6.45, 7) is 2.87. The van der Waals surface area contributed by atoms with Crippen LogP contribution in [-0.4, -0.2) is 36.7 Å². The van der Waals surface area contributed by atoms with Gasteiger partial charge in [-0.15, -0.1) is 0 Å². The van der Waals surface area contributed by atoms with Gasteiger partial charge in [-0.3, -0.25) is 9.48 Å². The summed E-state index contributed by atoms with van der Waals surface area (Å²) in [7, 11) is -2.18. The molecule has 0 unspecified atom stereocenters. The van der Waals surface area contributed by atoms with Gasteiger partial charge in [-0.2, -0.15) is 5.10 Å². The van der Waals surface area contributed by atoms with Crippen LogP contribution in [0.1, 0.15) is 21.7 Å². The predicted octanol–water partition coefficient (Wildman–Crippen LogP) is 0.480. The molecule has 1 aromatic carbocycles. The quantitative estimate of drug-likeness (QED) is 0.739. The van der Waals surface area contributed by atoms with E-state index in [2.05, 4.69) is 10.4 Å². The fourth-order valence-corrected chi connectivity index (χ4v) is 2.78. The number of aromatic nitrogens is 2. The van der Waals surface area contributed by atoms with Gasteiger partial charge in [0, 0.05) is 18.4 Å². The van der Waals surface area contributed by atoms with Crippen LogP contribution in [0.25, 0.3) is 0 Å². The van der Waals surface area contributed by atoms with Crippen molar-refractivity contribution in [1.82, 2.24) is 9.78 Å². The Hall–Kier alpha value is -2.72. The molecule has 0 aliphatic rings. The lowest BCUT2D eigenvalue weighted by Crippen LogP contribution is -2.21. The largest absolute Gasteiger partial charge is 0.452 e. The summed E-state index contributed by atoms with van der Waals surface area (Å²) >= 11 is 0. The molecule has 1 amide bonds. The Kier molecular flexibility index (Phi) is 5.24. The fraction of sp³-hybridized carbons (Fsp3) is 0.267. The van der Waals surface area contributed by atoms with E-state index in [1.54, 1.807) is 25.6 Å². The summed E-state index contributed by atoms with van der Waals surface area (Å²) in [4.78, 5) is 23.8. The molecule has 0 bridgehead atoms. The number of hydrogen-bond donors (Lipinski definition) is 2. The summed E-state index contributed by atoms with van der Waals surface area (Å²) in [6.07, 6.45) is 0. The first-order chi connectivity index (χ1) is 11.6. The number of nitrogens with zero attached hydrogens (tertiary/aromatic N) is 2. The molecule has 0 atom stereocenters. The number of aryl methyl sites for hydroxylation is 2. The third kappa shape index (κ3) is 4.43. The lowest BCUT2D eigenvalue weighted by Gasteiger charge is -2.08. The van der Waals surface area contributed by atoms with Crippen molar-refractivity contribution in [2.75, 3.05) is 11.9 Å². The summed E-state index contributed by atoms with van der Waals surface area (Å²) in [6, 6.07) is 5.44. The molecule has 3 N–H and O–H groups in total. The molecule has 0 aliphatic heterocycles. The van der Waals surface area contributed by atoms with Gasteiger partial charge >= 0.3 is 5.97 Å². The molecule has 0 saturated heterocycles. The van der Waals surface area contributed by atoms with Gasteiger partial charge < -0.3 is 10.1 Å². The molecule has 0 saturated carbocycles. The van der Waals surface area contributed by atoms with E-state index in [1.807, 2.05) is 0 Å². The third-order valence-corrected chi connectivity index (χ3v) is 4.40. The highest BCUT2D eigenvalue weighted by Gasteiger charge is 2.19. The van der Waals surface area contributed by atoms with Gasteiger partial charge in [0.25, 0.3) is 5.91 Å². The maximum Gasteiger partial charge on any atom is 0.342 e. The van der Waals surface area contributed by atoms with Crippen molar-refractivity contribution in [3.63, 3.8) is 0 Å². The van der Waals surface area contributed by atoms with Crippen molar-refractivity contribution in [2.45, 2.75) is 18.7 Å².